The van der Waals surface area contributed by atoms with Gasteiger partial charge in [0.15, 0.2) is 0 Å². The molecule has 1 N–H and O–H groups in total. The molecule has 1 saturated heterocycles. The molecule has 0 unspecified atom stereocenters. The average molecular weight is 478 g/mol. The minimum atomic E-state index is -0.663. The molecule has 0 spiro atoms. The Labute approximate surface area is 199 Å². The Morgan fingerprint density at radius 2 is 1.73 bits per heavy atom. The van der Waals surface area contributed by atoms with Gasteiger partial charge >= 0.3 is 0 Å². The fourth-order valence-corrected chi connectivity index (χ4v) is 4.87. The number of thioether (sulfide) groups is 1. The monoisotopic (exact) mass is 477 g/mol. The number of carbonyl (C=O) groups is 2. The van der Waals surface area contributed by atoms with E-state index in [0.29, 0.717) is 22.8 Å². The molecule has 1 atom stereocenters. The van der Waals surface area contributed by atoms with E-state index in [2.05, 4.69) is 5.32 Å². The van der Waals surface area contributed by atoms with Crippen LogP contribution in [0.15, 0.2) is 89.5 Å². The lowest BCUT2D eigenvalue weighted by Crippen LogP contribution is -2.30. The molecule has 0 radical (unpaired) electrons. The lowest BCUT2D eigenvalue weighted by Gasteiger charge is -2.18. The van der Waals surface area contributed by atoms with Crippen molar-refractivity contribution in [1.29, 1.82) is 5.26 Å². The molecule has 8 heteroatoms. The van der Waals surface area contributed by atoms with Crippen molar-refractivity contribution in [2.75, 3.05) is 10.2 Å². The summed E-state index contributed by atoms with van der Waals surface area (Å²) in [5, 5.41) is 12.5. The highest BCUT2D eigenvalue weighted by atomic mass is 35.5. The molecule has 164 valence electrons. The maximum Gasteiger partial charge on any atom is 0.269 e. The second-order valence-corrected chi connectivity index (χ2v) is 8.77. The molecule has 1 fully saturated rings. The Kier molecular flexibility index (Phi) is 6.78. The van der Waals surface area contributed by atoms with Gasteiger partial charge < -0.3 is 5.32 Å². The molecule has 3 aromatic carbocycles. The zero-order chi connectivity index (χ0) is 23.4. The van der Waals surface area contributed by atoms with Crippen molar-refractivity contribution < 1.29 is 14.0 Å². The molecule has 0 saturated carbocycles. The zero-order valence-electron chi connectivity index (χ0n) is 17.2. The number of rotatable bonds is 5. The van der Waals surface area contributed by atoms with E-state index >= 15 is 0 Å². The maximum atomic E-state index is 13.4. The van der Waals surface area contributed by atoms with Crippen molar-refractivity contribution in [2.45, 2.75) is 11.7 Å². The number of nitrogens with one attached hydrogen (secondary N) is 1. The summed E-state index contributed by atoms with van der Waals surface area (Å²) in [6, 6.07) is 23.4. The first-order chi connectivity index (χ1) is 16.0. The van der Waals surface area contributed by atoms with E-state index in [1.165, 1.54) is 17.0 Å². The highest BCUT2D eigenvalue weighted by molar-refractivity contribution is 8.05. The van der Waals surface area contributed by atoms with Crippen LogP contribution in [0.5, 0.6) is 0 Å². The van der Waals surface area contributed by atoms with Crippen molar-refractivity contribution in [3.63, 3.8) is 0 Å². The van der Waals surface area contributed by atoms with Gasteiger partial charge in [0.2, 0.25) is 5.91 Å². The predicted molar refractivity (Wildman–Crippen MR) is 128 cm³/mol. The number of hydrogen-bond acceptors (Lipinski definition) is 4. The minimum Gasteiger partial charge on any atom is -0.320 e. The fraction of sp³-hybridized carbons (Fsp3) is 0.0800. The van der Waals surface area contributed by atoms with Gasteiger partial charge in [-0.1, -0.05) is 65.8 Å². The molecule has 2 amide bonds. The standard InChI is InChI=1S/C25H17ClFN3O2S/c26-20-8-4-5-9-21(20)29-23(31)19(15-28)25-30(18-6-2-1-3-7-18)24(32)22(33-25)14-16-10-12-17(27)13-11-16/h1-13,22H,14H2,(H,29,31)/b25-19-/t22-/m0/s1. The number of para-hydroxylation sites is 2. The van der Waals surface area contributed by atoms with Gasteiger partial charge in [0.25, 0.3) is 5.91 Å². The first-order valence-electron chi connectivity index (χ1n) is 9.98. The highest BCUT2D eigenvalue weighted by Crippen LogP contribution is 2.42. The highest BCUT2D eigenvalue weighted by Gasteiger charge is 2.40. The van der Waals surface area contributed by atoms with E-state index in [4.69, 9.17) is 11.6 Å². The van der Waals surface area contributed by atoms with Crippen molar-refractivity contribution in [2.24, 2.45) is 0 Å². The summed E-state index contributed by atoms with van der Waals surface area (Å²) in [6.07, 6.45) is 0.321. The first kappa shape index (κ1) is 22.6. The van der Waals surface area contributed by atoms with Gasteiger partial charge in [-0.3, -0.25) is 14.5 Å². The Hall–Kier alpha value is -3.60. The van der Waals surface area contributed by atoms with Gasteiger partial charge in [-0.05, 0) is 48.4 Å². The summed E-state index contributed by atoms with van der Waals surface area (Å²) < 4.78 is 13.3. The number of carbonyl (C=O) groups excluding carboxylic acids is 2. The SMILES string of the molecule is N#C/C(C(=O)Nc1ccccc1Cl)=C1/S[C@@H](Cc2ccc(F)cc2)C(=O)N1c1ccccc1. The third-order valence-corrected chi connectivity index (χ3v) is 6.57. The van der Waals surface area contributed by atoms with Crippen molar-refractivity contribution >= 4 is 46.6 Å². The Bertz CT molecular complexity index is 1270. The molecule has 5 nitrogen and oxygen atoms in total. The van der Waals surface area contributed by atoms with Crippen LogP contribution in [0.2, 0.25) is 5.02 Å². The lowest BCUT2D eigenvalue weighted by molar-refractivity contribution is -0.117. The summed E-state index contributed by atoms with van der Waals surface area (Å²) in [5.41, 5.74) is 1.49. The van der Waals surface area contributed by atoms with Crippen LogP contribution in [0.1, 0.15) is 5.56 Å². The number of benzene rings is 3. The van der Waals surface area contributed by atoms with Gasteiger partial charge in [0, 0.05) is 5.69 Å². The van der Waals surface area contributed by atoms with E-state index in [1.807, 2.05) is 12.1 Å². The lowest BCUT2D eigenvalue weighted by atomic mass is 10.1. The maximum absolute atomic E-state index is 13.4. The molecule has 33 heavy (non-hydrogen) atoms. The van der Waals surface area contributed by atoms with Crippen LogP contribution in [-0.2, 0) is 16.0 Å². The normalized spacial score (nSPS) is 16.9. The van der Waals surface area contributed by atoms with Crippen LogP contribution in [0.3, 0.4) is 0 Å². The predicted octanol–water partition coefficient (Wildman–Crippen LogP) is 5.54. The Morgan fingerprint density at radius 1 is 1.06 bits per heavy atom. The summed E-state index contributed by atoms with van der Waals surface area (Å²) >= 11 is 7.28. The molecular weight excluding hydrogens is 461 g/mol. The number of nitrogens with zero attached hydrogens (tertiary/aromatic N) is 2. The van der Waals surface area contributed by atoms with Crippen LogP contribution in [0.25, 0.3) is 0 Å². The number of nitriles is 1. The van der Waals surface area contributed by atoms with E-state index in [0.717, 1.165) is 17.3 Å². The molecule has 0 aromatic heterocycles. The zero-order valence-corrected chi connectivity index (χ0v) is 18.7. The topological polar surface area (TPSA) is 73.2 Å². The van der Waals surface area contributed by atoms with E-state index in [1.54, 1.807) is 60.7 Å². The quantitative estimate of drug-likeness (QED) is 0.386. The summed E-state index contributed by atoms with van der Waals surface area (Å²) in [6.45, 7) is 0. The van der Waals surface area contributed by atoms with Gasteiger partial charge in [0.1, 0.15) is 22.5 Å². The largest absolute Gasteiger partial charge is 0.320 e. The Morgan fingerprint density at radius 3 is 2.39 bits per heavy atom. The molecule has 4 rings (SSSR count). The molecular formula is C25H17ClFN3O2S. The molecule has 1 aliphatic heterocycles. The first-order valence-corrected chi connectivity index (χ1v) is 11.2. The van der Waals surface area contributed by atoms with Crippen LogP contribution in [0.4, 0.5) is 15.8 Å². The molecule has 0 bridgehead atoms. The van der Waals surface area contributed by atoms with Gasteiger partial charge in [-0.15, -0.1) is 0 Å². The smallest absolute Gasteiger partial charge is 0.269 e. The van der Waals surface area contributed by atoms with E-state index in [-0.39, 0.29) is 22.3 Å². The average Bonchev–Trinajstić information content (AvgIpc) is 3.13. The summed E-state index contributed by atoms with van der Waals surface area (Å²) in [5.74, 6) is -1.29. The molecule has 1 heterocycles. The van der Waals surface area contributed by atoms with Gasteiger partial charge in [0.05, 0.1) is 16.0 Å². The second-order valence-electron chi connectivity index (χ2n) is 7.17. The number of halogens is 2. The number of amides is 2. The van der Waals surface area contributed by atoms with Crippen LogP contribution in [0, 0.1) is 17.1 Å². The van der Waals surface area contributed by atoms with Gasteiger partial charge in [-0.2, -0.15) is 5.26 Å². The second kappa shape index (κ2) is 9.90. The molecule has 0 aliphatic carbocycles. The van der Waals surface area contributed by atoms with E-state index in [9.17, 15) is 19.2 Å². The fourth-order valence-electron chi connectivity index (χ4n) is 3.38. The van der Waals surface area contributed by atoms with E-state index < -0.39 is 11.2 Å². The number of hydrogen-bond donors (Lipinski definition) is 1. The molecule has 1 aliphatic rings. The Balaban J connectivity index is 1.72. The van der Waals surface area contributed by atoms with Crippen molar-refractivity contribution in [3.8, 4) is 6.07 Å². The number of anilines is 2. The minimum absolute atomic E-state index is 0.196. The third-order valence-electron chi connectivity index (χ3n) is 4.98. The summed E-state index contributed by atoms with van der Waals surface area (Å²) in [7, 11) is 0. The third kappa shape index (κ3) is 4.92. The van der Waals surface area contributed by atoms with Crippen LogP contribution < -0.4 is 10.2 Å². The molecule has 3 aromatic rings. The van der Waals surface area contributed by atoms with Crippen molar-refractivity contribution in [3.05, 3.63) is 106 Å². The van der Waals surface area contributed by atoms with Crippen LogP contribution in [-0.4, -0.2) is 17.1 Å². The van der Waals surface area contributed by atoms with Gasteiger partial charge in [-0.25, -0.2) is 4.39 Å². The summed E-state index contributed by atoms with van der Waals surface area (Å²) in [4.78, 5) is 27.8. The van der Waals surface area contributed by atoms with Crippen molar-refractivity contribution in [1.82, 2.24) is 0 Å². The van der Waals surface area contributed by atoms with Crippen LogP contribution >= 0.6 is 23.4 Å².